The predicted molar refractivity (Wildman–Crippen MR) is 136 cm³/mol. The second-order valence-corrected chi connectivity index (χ2v) is 8.33. The van der Waals surface area contributed by atoms with Crippen molar-refractivity contribution < 1.29 is 0 Å². The zero-order chi connectivity index (χ0) is 22.2. The van der Waals surface area contributed by atoms with Crippen LogP contribution in [0.1, 0.15) is 72.7 Å². The molecule has 0 spiro atoms. The van der Waals surface area contributed by atoms with Gasteiger partial charge in [-0.25, -0.2) is 9.97 Å². The number of nitrogens with one attached hydrogen (secondary N) is 2. The third-order valence-electron chi connectivity index (χ3n) is 6.60. The molecule has 8 bridgehead atoms. The smallest absolute Gasteiger partial charge is 0.0690 e. The molecule has 5 heterocycles. The van der Waals surface area contributed by atoms with Gasteiger partial charge in [-0.05, 0) is 74.3 Å². The number of aromatic nitrogens is 4. The molecule has 0 aromatic carbocycles. The third kappa shape index (κ3) is 3.31. The predicted octanol–water partition coefficient (Wildman–Crippen LogP) is 6.91. The molecule has 0 unspecified atom stereocenters. The van der Waals surface area contributed by atoms with Crippen LogP contribution in [-0.4, -0.2) is 19.9 Å². The van der Waals surface area contributed by atoms with Crippen molar-refractivity contribution in [3.8, 4) is 0 Å². The van der Waals surface area contributed by atoms with Gasteiger partial charge in [-0.3, -0.25) is 0 Å². The highest BCUT2D eigenvalue weighted by atomic mass is 14.8. The number of nitrogens with zero attached hydrogens (tertiary/aromatic N) is 2. The van der Waals surface area contributed by atoms with Crippen LogP contribution in [0.15, 0.2) is 24.3 Å². The van der Waals surface area contributed by atoms with Crippen molar-refractivity contribution in [2.24, 2.45) is 0 Å². The SMILES string of the molecule is CCc1c2nc(c(CC)c3ccc([nH]3)c(CC)c3nc(c(CC)c4ccc1[nH]4)C=C3)C=C2. The van der Waals surface area contributed by atoms with Gasteiger partial charge in [0.2, 0.25) is 0 Å². The second-order valence-electron chi connectivity index (χ2n) is 8.33. The minimum absolute atomic E-state index is 0.916. The first-order chi connectivity index (χ1) is 15.7. The van der Waals surface area contributed by atoms with Crippen molar-refractivity contribution in [3.63, 3.8) is 0 Å². The molecule has 2 N–H and O–H groups in total. The van der Waals surface area contributed by atoms with Gasteiger partial charge < -0.3 is 9.97 Å². The Hall–Kier alpha value is -3.40. The Labute approximate surface area is 189 Å². The summed E-state index contributed by atoms with van der Waals surface area (Å²) in [7, 11) is 0. The monoisotopic (exact) mass is 422 g/mol. The van der Waals surface area contributed by atoms with Crippen molar-refractivity contribution in [2.45, 2.75) is 53.4 Å². The van der Waals surface area contributed by atoms with Gasteiger partial charge in [0.1, 0.15) is 0 Å². The highest BCUT2D eigenvalue weighted by Gasteiger charge is 2.13. The van der Waals surface area contributed by atoms with Crippen LogP contribution in [0, 0.1) is 0 Å². The van der Waals surface area contributed by atoms with Crippen LogP contribution in [0.3, 0.4) is 0 Å². The van der Waals surface area contributed by atoms with Gasteiger partial charge in [0, 0.05) is 44.3 Å². The van der Waals surface area contributed by atoms with E-state index in [4.69, 9.17) is 9.97 Å². The summed E-state index contributed by atoms with van der Waals surface area (Å²) in [6, 6.07) is 8.74. The summed E-state index contributed by atoms with van der Waals surface area (Å²) in [6.45, 7) is 8.78. The summed E-state index contributed by atoms with van der Waals surface area (Å²) in [4.78, 5) is 17.5. The Morgan fingerprint density at radius 2 is 0.719 bits per heavy atom. The average Bonchev–Trinajstić information content (AvgIpc) is 3.59. The molecule has 0 saturated heterocycles. The Bertz CT molecular complexity index is 1210. The van der Waals surface area contributed by atoms with Gasteiger partial charge >= 0.3 is 0 Å². The molecular weight excluding hydrogens is 392 g/mol. The number of aryl methyl sites for hydroxylation is 4. The normalized spacial score (nSPS) is 12.6. The Morgan fingerprint density at radius 1 is 0.469 bits per heavy atom. The van der Waals surface area contributed by atoms with Crippen LogP contribution in [0.5, 0.6) is 0 Å². The van der Waals surface area contributed by atoms with E-state index in [0.717, 1.165) is 70.5 Å². The molecule has 2 aliphatic heterocycles. The van der Waals surface area contributed by atoms with E-state index in [1.54, 1.807) is 0 Å². The van der Waals surface area contributed by atoms with Crippen molar-refractivity contribution in [2.75, 3.05) is 0 Å². The zero-order valence-electron chi connectivity index (χ0n) is 19.3. The van der Waals surface area contributed by atoms with Crippen molar-refractivity contribution in [3.05, 3.63) is 69.3 Å². The molecule has 5 rings (SSSR count). The Kier molecular flexibility index (Phi) is 5.30. The second kappa shape index (κ2) is 8.27. The zero-order valence-corrected chi connectivity index (χ0v) is 19.3. The largest absolute Gasteiger partial charge is 0.355 e. The van der Waals surface area contributed by atoms with E-state index in [1.807, 2.05) is 0 Å². The van der Waals surface area contributed by atoms with E-state index in [1.165, 1.54) is 22.3 Å². The molecule has 4 nitrogen and oxygen atoms in total. The van der Waals surface area contributed by atoms with Gasteiger partial charge in [-0.2, -0.15) is 0 Å². The van der Waals surface area contributed by atoms with Gasteiger partial charge in [0.05, 0.1) is 22.8 Å². The maximum Gasteiger partial charge on any atom is 0.0690 e. The molecule has 0 aliphatic carbocycles. The highest BCUT2D eigenvalue weighted by molar-refractivity contribution is 5.83. The molecule has 0 fully saturated rings. The average molecular weight is 423 g/mol. The molecule has 0 amide bonds. The van der Waals surface area contributed by atoms with E-state index in [9.17, 15) is 0 Å². The fraction of sp³-hybridized carbons (Fsp3) is 0.286. The minimum atomic E-state index is 0.916. The van der Waals surface area contributed by atoms with Crippen molar-refractivity contribution >= 4 is 46.4 Å². The number of hydrogen-bond acceptors (Lipinski definition) is 2. The van der Waals surface area contributed by atoms with E-state index in [0.29, 0.717) is 0 Å². The summed E-state index contributed by atoms with van der Waals surface area (Å²) in [5, 5.41) is 0. The Balaban J connectivity index is 1.98. The number of rotatable bonds is 4. The van der Waals surface area contributed by atoms with Crippen LogP contribution in [0.2, 0.25) is 0 Å². The lowest BCUT2D eigenvalue weighted by Crippen LogP contribution is -1.92. The van der Waals surface area contributed by atoms with E-state index in [2.05, 4.69) is 86.2 Å². The van der Waals surface area contributed by atoms with Crippen LogP contribution in [-0.2, 0) is 25.7 Å². The van der Waals surface area contributed by atoms with Crippen molar-refractivity contribution in [1.82, 2.24) is 19.9 Å². The first kappa shape index (κ1) is 20.5. The Morgan fingerprint density at radius 3 is 0.938 bits per heavy atom. The molecular formula is C28H30N4. The first-order valence-corrected chi connectivity index (χ1v) is 11.8. The molecule has 0 radical (unpaired) electrons. The van der Waals surface area contributed by atoms with Crippen molar-refractivity contribution in [1.29, 1.82) is 0 Å². The summed E-state index contributed by atoms with van der Waals surface area (Å²) >= 11 is 0. The summed E-state index contributed by atoms with van der Waals surface area (Å²) in [6.07, 6.45) is 12.3. The van der Waals surface area contributed by atoms with Crippen LogP contribution >= 0.6 is 0 Å². The molecule has 3 aromatic heterocycles. The van der Waals surface area contributed by atoms with Crippen LogP contribution in [0.4, 0.5) is 0 Å². The molecule has 2 aliphatic rings. The number of H-pyrrole nitrogens is 2. The highest BCUT2D eigenvalue weighted by Crippen LogP contribution is 2.27. The van der Waals surface area contributed by atoms with E-state index >= 15 is 0 Å². The van der Waals surface area contributed by atoms with Crippen LogP contribution < -0.4 is 0 Å². The van der Waals surface area contributed by atoms with E-state index in [-0.39, 0.29) is 0 Å². The lowest BCUT2D eigenvalue weighted by Gasteiger charge is -2.02. The molecule has 4 heteroatoms. The lowest BCUT2D eigenvalue weighted by molar-refractivity contribution is 1.08. The van der Waals surface area contributed by atoms with Gasteiger partial charge in [-0.15, -0.1) is 0 Å². The molecule has 32 heavy (non-hydrogen) atoms. The maximum absolute atomic E-state index is 5.06. The lowest BCUT2D eigenvalue weighted by atomic mass is 10.1. The summed E-state index contributed by atoms with van der Waals surface area (Å²) in [5.41, 5.74) is 13.7. The molecule has 162 valence electrons. The van der Waals surface area contributed by atoms with Gasteiger partial charge in [-0.1, -0.05) is 27.7 Å². The van der Waals surface area contributed by atoms with Gasteiger partial charge in [0.15, 0.2) is 0 Å². The molecule has 0 atom stereocenters. The standard InChI is InChI=1S/C28H30N4/c1-5-17-21-9-11-23(29-21)18(6-2)25-13-15-27(31-25)20(8-4)28-16-14-26(32-28)19(7-3)24-12-10-22(17)30-24/h9-16,29,32H,5-8H2,1-4H3. The quantitative estimate of drug-likeness (QED) is 0.331. The minimum Gasteiger partial charge on any atom is -0.355 e. The topological polar surface area (TPSA) is 57.4 Å². The number of aromatic amines is 2. The van der Waals surface area contributed by atoms with Gasteiger partial charge in [0.25, 0.3) is 0 Å². The molecule has 3 aromatic rings. The fourth-order valence-electron chi connectivity index (χ4n) is 4.93. The number of fused-ring (bicyclic) bond motifs is 8. The number of hydrogen-bond donors (Lipinski definition) is 2. The fourth-order valence-corrected chi connectivity index (χ4v) is 4.93. The maximum atomic E-state index is 5.06. The summed E-state index contributed by atoms with van der Waals surface area (Å²) < 4.78 is 0. The third-order valence-corrected chi connectivity index (χ3v) is 6.60. The first-order valence-electron chi connectivity index (χ1n) is 11.8. The summed E-state index contributed by atoms with van der Waals surface area (Å²) in [5.74, 6) is 0. The molecule has 0 saturated carbocycles. The van der Waals surface area contributed by atoms with Crippen LogP contribution in [0.25, 0.3) is 46.4 Å². The van der Waals surface area contributed by atoms with E-state index < -0.39 is 0 Å².